The normalized spacial score (nSPS) is 18.9. The second kappa shape index (κ2) is 9.43. The third-order valence-corrected chi connectivity index (χ3v) is 6.59. The molecule has 0 bridgehead atoms. The fraction of sp³-hybridized carbons (Fsp3) is 0.391. The standard InChI is InChI=1S/C23H27N5OS/c1-16-9-11-19(12-10-16)25-21(29)15-30-23-27-26-22(18-7-5-13-24-14-18)28(23)20-8-4-3-6-17(20)2/h5,7,9-14,17,20H,3-4,6,8,15H2,1-2H3,(H,25,29)/t17-,20+/m0/s1. The van der Waals surface area contributed by atoms with Gasteiger partial charge in [-0.25, -0.2) is 0 Å². The van der Waals surface area contributed by atoms with Crippen LogP contribution in [-0.2, 0) is 4.79 Å². The topological polar surface area (TPSA) is 72.7 Å². The van der Waals surface area contributed by atoms with Crippen molar-refractivity contribution in [1.29, 1.82) is 0 Å². The van der Waals surface area contributed by atoms with E-state index in [9.17, 15) is 4.79 Å². The minimum absolute atomic E-state index is 0.0435. The van der Waals surface area contributed by atoms with Crippen LogP contribution in [0.2, 0.25) is 0 Å². The lowest BCUT2D eigenvalue weighted by molar-refractivity contribution is -0.113. The molecule has 1 fully saturated rings. The van der Waals surface area contributed by atoms with Crippen molar-refractivity contribution in [3.63, 3.8) is 0 Å². The molecule has 2 heterocycles. The van der Waals surface area contributed by atoms with Gasteiger partial charge >= 0.3 is 0 Å². The number of benzene rings is 1. The van der Waals surface area contributed by atoms with Gasteiger partial charge in [-0.15, -0.1) is 10.2 Å². The fourth-order valence-corrected chi connectivity index (χ4v) is 4.80. The summed E-state index contributed by atoms with van der Waals surface area (Å²) >= 11 is 1.45. The number of aromatic nitrogens is 4. The Morgan fingerprint density at radius 3 is 2.70 bits per heavy atom. The molecular weight excluding hydrogens is 394 g/mol. The number of anilines is 1. The zero-order valence-corrected chi connectivity index (χ0v) is 18.2. The SMILES string of the molecule is Cc1ccc(NC(=O)CSc2nnc(-c3cccnc3)n2[C@@H]2CCCC[C@@H]2C)cc1. The summed E-state index contributed by atoms with van der Waals surface area (Å²) in [6.45, 7) is 4.33. The summed E-state index contributed by atoms with van der Waals surface area (Å²) in [6, 6.07) is 12.1. The van der Waals surface area contributed by atoms with Crippen molar-refractivity contribution >= 4 is 23.4 Å². The number of hydrogen-bond acceptors (Lipinski definition) is 5. The number of amides is 1. The summed E-state index contributed by atoms with van der Waals surface area (Å²) in [7, 11) is 0. The summed E-state index contributed by atoms with van der Waals surface area (Å²) in [6.07, 6.45) is 8.37. The molecule has 0 unspecified atom stereocenters. The van der Waals surface area contributed by atoms with E-state index in [2.05, 4.69) is 32.0 Å². The maximum atomic E-state index is 12.5. The molecule has 1 aliphatic rings. The molecule has 6 nitrogen and oxygen atoms in total. The van der Waals surface area contributed by atoms with Gasteiger partial charge in [0.25, 0.3) is 0 Å². The highest BCUT2D eigenvalue weighted by atomic mass is 32.2. The highest BCUT2D eigenvalue weighted by molar-refractivity contribution is 7.99. The first kappa shape index (κ1) is 20.6. The van der Waals surface area contributed by atoms with E-state index in [1.807, 2.05) is 49.5 Å². The number of pyridine rings is 1. The maximum absolute atomic E-state index is 12.5. The second-order valence-corrected chi connectivity index (χ2v) is 8.89. The molecule has 3 aromatic rings. The summed E-state index contributed by atoms with van der Waals surface area (Å²) in [5, 5.41) is 12.7. The summed E-state index contributed by atoms with van der Waals surface area (Å²) in [5.41, 5.74) is 2.93. The molecular formula is C23H27N5OS. The van der Waals surface area contributed by atoms with Crippen molar-refractivity contribution in [2.24, 2.45) is 5.92 Å². The Bertz CT molecular complexity index is 987. The number of carbonyl (C=O) groups is 1. The van der Waals surface area contributed by atoms with Crippen LogP contribution in [0.25, 0.3) is 11.4 Å². The first-order valence-electron chi connectivity index (χ1n) is 10.5. The maximum Gasteiger partial charge on any atom is 0.234 e. The van der Waals surface area contributed by atoms with E-state index < -0.39 is 0 Å². The van der Waals surface area contributed by atoms with E-state index in [0.717, 1.165) is 28.7 Å². The van der Waals surface area contributed by atoms with Crippen LogP contribution in [-0.4, -0.2) is 31.4 Å². The van der Waals surface area contributed by atoms with Crippen LogP contribution in [0.4, 0.5) is 5.69 Å². The van der Waals surface area contributed by atoms with E-state index in [1.165, 1.54) is 36.6 Å². The Balaban J connectivity index is 1.54. The smallest absolute Gasteiger partial charge is 0.234 e. The van der Waals surface area contributed by atoms with Gasteiger partial charge in [-0.05, 0) is 49.9 Å². The van der Waals surface area contributed by atoms with Crippen molar-refractivity contribution in [1.82, 2.24) is 19.7 Å². The largest absolute Gasteiger partial charge is 0.325 e. The molecule has 1 amide bonds. The number of thioether (sulfide) groups is 1. The lowest BCUT2D eigenvalue weighted by Gasteiger charge is -2.31. The molecule has 2 aromatic heterocycles. The molecule has 0 saturated heterocycles. The van der Waals surface area contributed by atoms with E-state index in [1.54, 1.807) is 6.20 Å². The van der Waals surface area contributed by atoms with E-state index in [0.29, 0.717) is 17.7 Å². The zero-order valence-electron chi connectivity index (χ0n) is 17.4. The van der Waals surface area contributed by atoms with Crippen molar-refractivity contribution in [3.05, 3.63) is 54.4 Å². The quantitative estimate of drug-likeness (QED) is 0.559. The summed E-state index contributed by atoms with van der Waals surface area (Å²) in [4.78, 5) is 16.8. The van der Waals surface area contributed by atoms with Crippen molar-refractivity contribution in [2.45, 2.75) is 50.7 Å². The third kappa shape index (κ3) is 4.73. The number of nitrogens with zero attached hydrogens (tertiary/aromatic N) is 4. The van der Waals surface area contributed by atoms with Crippen LogP contribution in [0.15, 0.2) is 53.9 Å². The van der Waals surface area contributed by atoms with Crippen LogP contribution in [0.1, 0.15) is 44.2 Å². The van der Waals surface area contributed by atoms with E-state index >= 15 is 0 Å². The van der Waals surface area contributed by atoms with Gasteiger partial charge in [0.15, 0.2) is 11.0 Å². The Hall–Kier alpha value is -2.67. The predicted octanol–water partition coefficient (Wildman–Crippen LogP) is 5.13. The number of carbonyl (C=O) groups excluding carboxylic acids is 1. The fourth-order valence-electron chi connectivity index (χ4n) is 4.01. The average molecular weight is 422 g/mol. The Morgan fingerprint density at radius 1 is 1.17 bits per heavy atom. The molecule has 7 heteroatoms. The summed E-state index contributed by atoms with van der Waals surface area (Å²) < 4.78 is 2.24. The molecule has 4 rings (SSSR count). The van der Waals surface area contributed by atoms with Gasteiger partial charge in [0, 0.05) is 29.7 Å². The minimum atomic E-state index is -0.0435. The van der Waals surface area contributed by atoms with Crippen LogP contribution in [0.5, 0.6) is 0 Å². The van der Waals surface area contributed by atoms with Crippen LogP contribution in [0.3, 0.4) is 0 Å². The van der Waals surface area contributed by atoms with Gasteiger partial charge in [-0.1, -0.05) is 49.2 Å². The molecule has 1 aliphatic carbocycles. The Kier molecular flexibility index (Phi) is 6.47. The Labute approximate surface area is 181 Å². The van der Waals surface area contributed by atoms with Crippen molar-refractivity contribution in [3.8, 4) is 11.4 Å². The molecule has 0 spiro atoms. The number of hydrogen-bond donors (Lipinski definition) is 1. The number of aryl methyl sites for hydroxylation is 1. The molecule has 1 saturated carbocycles. The van der Waals surface area contributed by atoms with Gasteiger partial charge < -0.3 is 5.32 Å². The van der Waals surface area contributed by atoms with Crippen LogP contribution >= 0.6 is 11.8 Å². The van der Waals surface area contributed by atoms with Crippen molar-refractivity contribution in [2.75, 3.05) is 11.1 Å². The molecule has 1 N–H and O–H groups in total. The Morgan fingerprint density at radius 2 is 1.97 bits per heavy atom. The van der Waals surface area contributed by atoms with Gasteiger partial charge in [0.1, 0.15) is 0 Å². The van der Waals surface area contributed by atoms with Gasteiger partial charge in [0.05, 0.1) is 5.75 Å². The molecule has 1 aromatic carbocycles. The first-order chi connectivity index (χ1) is 14.6. The zero-order chi connectivity index (χ0) is 20.9. The number of rotatable bonds is 6. The molecule has 30 heavy (non-hydrogen) atoms. The molecule has 0 aliphatic heterocycles. The highest BCUT2D eigenvalue weighted by Gasteiger charge is 2.29. The van der Waals surface area contributed by atoms with Gasteiger partial charge in [-0.2, -0.15) is 0 Å². The monoisotopic (exact) mass is 421 g/mol. The predicted molar refractivity (Wildman–Crippen MR) is 120 cm³/mol. The van der Waals surface area contributed by atoms with E-state index in [4.69, 9.17) is 0 Å². The third-order valence-electron chi connectivity index (χ3n) is 5.65. The number of nitrogens with one attached hydrogen (secondary N) is 1. The lowest BCUT2D eigenvalue weighted by atomic mass is 9.85. The second-order valence-electron chi connectivity index (χ2n) is 7.95. The average Bonchev–Trinajstić information content (AvgIpc) is 3.18. The van der Waals surface area contributed by atoms with Crippen LogP contribution < -0.4 is 5.32 Å². The van der Waals surface area contributed by atoms with Gasteiger partial charge in [0.2, 0.25) is 5.91 Å². The van der Waals surface area contributed by atoms with Gasteiger partial charge in [-0.3, -0.25) is 14.3 Å². The van der Waals surface area contributed by atoms with Crippen LogP contribution in [0, 0.1) is 12.8 Å². The summed E-state index contributed by atoms with van der Waals surface area (Å²) in [5.74, 6) is 1.63. The van der Waals surface area contributed by atoms with Crippen molar-refractivity contribution < 1.29 is 4.79 Å². The van der Waals surface area contributed by atoms with E-state index in [-0.39, 0.29) is 5.91 Å². The lowest BCUT2D eigenvalue weighted by Crippen LogP contribution is -2.23. The molecule has 0 radical (unpaired) electrons. The highest BCUT2D eigenvalue weighted by Crippen LogP contribution is 2.38. The minimum Gasteiger partial charge on any atom is -0.325 e. The first-order valence-corrected chi connectivity index (χ1v) is 11.4. The molecule has 156 valence electrons. The molecule has 2 atom stereocenters.